The van der Waals surface area contributed by atoms with Gasteiger partial charge in [-0.15, -0.1) is 0 Å². The first-order chi connectivity index (χ1) is 15.0. The Balaban J connectivity index is 1.75. The third-order valence-corrected chi connectivity index (χ3v) is 5.36. The maximum absolute atomic E-state index is 12.0. The van der Waals surface area contributed by atoms with Crippen molar-refractivity contribution in [2.75, 3.05) is 33.0 Å². The predicted octanol–water partition coefficient (Wildman–Crippen LogP) is 2.39. The molecule has 1 atom stereocenters. The molecule has 0 bridgehead atoms. The third-order valence-electron chi connectivity index (χ3n) is 5.36. The lowest BCUT2D eigenvalue weighted by Crippen LogP contribution is -2.27. The fraction of sp³-hybridized carbons (Fsp3) is 0.261. The number of aromatic nitrogens is 3. The van der Waals surface area contributed by atoms with Crippen molar-refractivity contribution in [2.45, 2.75) is 12.5 Å². The molecular formula is C23H23N5O3. The summed E-state index contributed by atoms with van der Waals surface area (Å²) in [5.74, 6) is 7.56. The van der Waals surface area contributed by atoms with Gasteiger partial charge < -0.3 is 24.7 Å². The van der Waals surface area contributed by atoms with Crippen LogP contribution in [0.5, 0.6) is 11.8 Å². The quantitative estimate of drug-likeness (QED) is 0.517. The number of hydrogen-bond acceptors (Lipinski definition) is 6. The summed E-state index contributed by atoms with van der Waals surface area (Å²) in [5, 5.41) is 0.802. The number of carbonyl (C=O) groups is 1. The Morgan fingerprint density at radius 1 is 1.29 bits per heavy atom. The lowest BCUT2D eigenvalue weighted by molar-refractivity contribution is -0.125. The molecule has 8 heteroatoms. The standard InChI is InChI=1S/C23H23N5O3/c1-4-21(29)27-10-8-17(14-27)28-13-16(22-18(28)7-9-25-23(22)24)6-5-15-11-19(30-2)26-20(12-15)31-3/h4,7,9,11-13,17H,1,8,10,14H2,2-3H3,(H2,24,25)/t17-/m0/s1. The van der Waals surface area contributed by atoms with Crippen molar-refractivity contribution >= 4 is 22.6 Å². The van der Waals surface area contributed by atoms with Gasteiger partial charge in [-0.1, -0.05) is 18.4 Å². The second-order valence-electron chi connectivity index (χ2n) is 7.16. The molecule has 158 valence electrons. The highest BCUT2D eigenvalue weighted by molar-refractivity contribution is 5.95. The van der Waals surface area contributed by atoms with E-state index in [2.05, 4.69) is 33.0 Å². The van der Waals surface area contributed by atoms with E-state index in [1.807, 2.05) is 12.3 Å². The zero-order chi connectivity index (χ0) is 22.0. The average Bonchev–Trinajstić information content (AvgIpc) is 3.42. The molecular weight excluding hydrogens is 394 g/mol. The number of nitrogens with zero attached hydrogens (tertiary/aromatic N) is 4. The van der Waals surface area contributed by atoms with E-state index >= 15 is 0 Å². The van der Waals surface area contributed by atoms with Crippen molar-refractivity contribution < 1.29 is 14.3 Å². The van der Waals surface area contributed by atoms with Crippen molar-refractivity contribution in [3.63, 3.8) is 0 Å². The molecule has 1 fully saturated rings. The van der Waals surface area contributed by atoms with E-state index in [1.165, 1.54) is 6.08 Å². The maximum atomic E-state index is 12.0. The van der Waals surface area contributed by atoms with E-state index in [4.69, 9.17) is 15.2 Å². The number of pyridine rings is 2. The van der Waals surface area contributed by atoms with E-state index in [1.54, 1.807) is 37.4 Å². The summed E-state index contributed by atoms with van der Waals surface area (Å²) < 4.78 is 12.6. The van der Waals surface area contributed by atoms with Gasteiger partial charge in [-0.2, -0.15) is 4.98 Å². The molecule has 0 spiro atoms. The zero-order valence-electron chi connectivity index (χ0n) is 17.5. The van der Waals surface area contributed by atoms with Crippen LogP contribution >= 0.6 is 0 Å². The number of likely N-dealkylation sites (tertiary alicyclic amines) is 1. The summed E-state index contributed by atoms with van der Waals surface area (Å²) in [6.07, 6.45) is 5.87. The van der Waals surface area contributed by atoms with E-state index in [-0.39, 0.29) is 11.9 Å². The second kappa shape index (κ2) is 8.40. The SMILES string of the molecule is C=CC(=O)N1CC[C@H](n2cc(C#Cc3cc(OC)nc(OC)c3)c3c(N)nccc32)C1. The number of nitrogens with two attached hydrogens (primary N) is 1. The predicted molar refractivity (Wildman–Crippen MR) is 118 cm³/mol. The van der Waals surface area contributed by atoms with Crippen LogP contribution < -0.4 is 15.2 Å². The van der Waals surface area contributed by atoms with Crippen LogP contribution in [-0.2, 0) is 4.79 Å². The third kappa shape index (κ3) is 3.90. The molecule has 1 aliphatic heterocycles. The number of nitrogen functional groups attached to an aromatic ring is 1. The van der Waals surface area contributed by atoms with Gasteiger partial charge in [0.15, 0.2) is 0 Å². The molecule has 0 aliphatic carbocycles. The number of anilines is 1. The van der Waals surface area contributed by atoms with E-state index in [0.717, 1.165) is 22.9 Å². The summed E-state index contributed by atoms with van der Waals surface area (Å²) >= 11 is 0. The molecule has 2 N–H and O–H groups in total. The van der Waals surface area contributed by atoms with Crippen LogP contribution in [0.1, 0.15) is 23.6 Å². The van der Waals surface area contributed by atoms with Crippen LogP contribution in [0.3, 0.4) is 0 Å². The van der Waals surface area contributed by atoms with E-state index in [9.17, 15) is 4.79 Å². The minimum Gasteiger partial charge on any atom is -0.481 e. The largest absolute Gasteiger partial charge is 0.481 e. The Labute approximate surface area is 180 Å². The van der Waals surface area contributed by atoms with Crippen LogP contribution in [0.25, 0.3) is 10.9 Å². The maximum Gasteiger partial charge on any atom is 0.246 e. The fourth-order valence-electron chi connectivity index (χ4n) is 3.83. The normalized spacial score (nSPS) is 15.4. The van der Waals surface area contributed by atoms with Crippen molar-refractivity contribution in [1.82, 2.24) is 19.4 Å². The number of carbonyl (C=O) groups excluding carboxylic acids is 1. The average molecular weight is 417 g/mol. The molecule has 4 heterocycles. The molecule has 1 aliphatic rings. The van der Waals surface area contributed by atoms with Crippen molar-refractivity contribution in [3.8, 4) is 23.6 Å². The Morgan fingerprint density at radius 3 is 2.71 bits per heavy atom. The highest BCUT2D eigenvalue weighted by Crippen LogP contribution is 2.31. The van der Waals surface area contributed by atoms with Gasteiger partial charge in [0.1, 0.15) is 5.82 Å². The van der Waals surface area contributed by atoms with E-state index < -0.39 is 0 Å². The van der Waals surface area contributed by atoms with Gasteiger partial charge in [-0.05, 0) is 18.6 Å². The summed E-state index contributed by atoms with van der Waals surface area (Å²) in [5.41, 5.74) is 8.62. The smallest absolute Gasteiger partial charge is 0.246 e. The Kier molecular flexibility index (Phi) is 5.50. The van der Waals surface area contributed by atoms with Gasteiger partial charge in [0.05, 0.1) is 36.7 Å². The first-order valence-corrected chi connectivity index (χ1v) is 9.82. The number of hydrogen-bond donors (Lipinski definition) is 1. The van der Waals surface area contributed by atoms with Crippen molar-refractivity contribution in [3.05, 3.63) is 54.4 Å². The van der Waals surface area contributed by atoms with Gasteiger partial charge in [0, 0.05) is 43.2 Å². The molecule has 0 radical (unpaired) electrons. The second-order valence-corrected chi connectivity index (χ2v) is 7.16. The molecule has 1 amide bonds. The van der Waals surface area contributed by atoms with Gasteiger partial charge in [0.25, 0.3) is 0 Å². The Hall–Kier alpha value is -3.99. The molecule has 0 saturated carbocycles. The first kappa shape index (κ1) is 20.3. The molecule has 8 nitrogen and oxygen atoms in total. The Morgan fingerprint density at radius 2 is 2.03 bits per heavy atom. The van der Waals surface area contributed by atoms with Gasteiger partial charge in [-0.25, -0.2) is 4.98 Å². The van der Waals surface area contributed by atoms with Crippen LogP contribution in [0.2, 0.25) is 0 Å². The summed E-state index contributed by atoms with van der Waals surface area (Å²) in [6.45, 7) is 4.88. The molecule has 3 aromatic rings. The van der Waals surface area contributed by atoms with Crippen molar-refractivity contribution in [2.24, 2.45) is 0 Å². The monoisotopic (exact) mass is 417 g/mol. The molecule has 1 saturated heterocycles. The molecule has 4 rings (SSSR count). The molecule has 0 unspecified atom stereocenters. The molecule has 31 heavy (non-hydrogen) atoms. The number of methoxy groups -OCH3 is 2. The molecule has 3 aromatic heterocycles. The molecule has 0 aromatic carbocycles. The highest BCUT2D eigenvalue weighted by Gasteiger charge is 2.27. The van der Waals surface area contributed by atoms with Crippen molar-refractivity contribution in [1.29, 1.82) is 0 Å². The highest BCUT2D eigenvalue weighted by atomic mass is 16.5. The summed E-state index contributed by atoms with van der Waals surface area (Å²) in [7, 11) is 3.09. The van der Waals surface area contributed by atoms with Gasteiger partial charge in [-0.3, -0.25) is 4.79 Å². The zero-order valence-corrected chi connectivity index (χ0v) is 17.5. The van der Waals surface area contributed by atoms with Crippen LogP contribution in [0.4, 0.5) is 5.82 Å². The topological polar surface area (TPSA) is 95.5 Å². The lowest BCUT2D eigenvalue weighted by atomic mass is 10.2. The minimum atomic E-state index is -0.0549. The lowest BCUT2D eigenvalue weighted by Gasteiger charge is -2.16. The number of fused-ring (bicyclic) bond motifs is 1. The Bertz CT molecular complexity index is 1200. The van der Waals surface area contributed by atoms with Crippen LogP contribution in [0.15, 0.2) is 43.2 Å². The van der Waals surface area contributed by atoms with Crippen LogP contribution in [0, 0.1) is 11.8 Å². The number of amides is 1. The van der Waals surface area contributed by atoms with Crippen LogP contribution in [-0.4, -0.2) is 52.7 Å². The first-order valence-electron chi connectivity index (χ1n) is 9.82. The fourth-order valence-corrected chi connectivity index (χ4v) is 3.83. The summed E-state index contributed by atoms with van der Waals surface area (Å²) in [6, 6.07) is 5.54. The summed E-state index contributed by atoms with van der Waals surface area (Å²) in [4.78, 5) is 22.2. The van der Waals surface area contributed by atoms with E-state index in [0.29, 0.717) is 36.2 Å². The number of ether oxygens (including phenoxy) is 2. The number of rotatable bonds is 4. The van der Waals surface area contributed by atoms with Gasteiger partial charge >= 0.3 is 0 Å². The minimum absolute atomic E-state index is 0.0549. The van der Waals surface area contributed by atoms with Gasteiger partial charge in [0.2, 0.25) is 17.7 Å².